The number of ether oxygens (including phenoxy) is 1. The average molecular weight is 192 g/mol. The normalized spacial score (nSPS) is 8.58. The summed E-state index contributed by atoms with van der Waals surface area (Å²) in [6.07, 6.45) is 0. The van der Waals surface area contributed by atoms with Gasteiger partial charge in [0.05, 0.1) is 7.11 Å². The Hall–Kier alpha value is -0.960. The molecule has 0 aliphatic rings. The summed E-state index contributed by atoms with van der Waals surface area (Å²) in [6.45, 7) is 0. The standard InChI is InChI=1S/C8H10FNO.ClH/c1-10-7-3-6(9)4-8(5-7)11-2;/h3-5,10H,1-2H3;1H. The smallest absolute Gasteiger partial charge is 0.128 e. The summed E-state index contributed by atoms with van der Waals surface area (Å²) in [6, 6.07) is 4.46. The first-order valence-electron chi connectivity index (χ1n) is 3.28. The Morgan fingerprint density at radius 1 is 1.33 bits per heavy atom. The largest absolute Gasteiger partial charge is 0.497 e. The summed E-state index contributed by atoms with van der Waals surface area (Å²) >= 11 is 0. The molecule has 1 aromatic carbocycles. The molecular weight excluding hydrogens is 181 g/mol. The fourth-order valence-corrected chi connectivity index (χ4v) is 0.825. The van der Waals surface area contributed by atoms with E-state index in [0.717, 1.165) is 0 Å². The van der Waals surface area contributed by atoms with Crippen LogP contribution in [-0.4, -0.2) is 14.2 Å². The van der Waals surface area contributed by atoms with Gasteiger partial charge in [-0.15, -0.1) is 12.4 Å². The van der Waals surface area contributed by atoms with Crippen LogP contribution in [0.4, 0.5) is 10.1 Å². The lowest BCUT2D eigenvalue weighted by Gasteiger charge is -2.03. The lowest BCUT2D eigenvalue weighted by atomic mass is 10.3. The molecule has 2 nitrogen and oxygen atoms in total. The first kappa shape index (κ1) is 11.0. The maximum absolute atomic E-state index is 12.7. The Morgan fingerprint density at radius 3 is 2.50 bits per heavy atom. The highest BCUT2D eigenvalue weighted by Gasteiger charge is 1.97. The van der Waals surface area contributed by atoms with Gasteiger partial charge in [0.1, 0.15) is 11.6 Å². The number of methoxy groups -OCH3 is 1. The van der Waals surface area contributed by atoms with Gasteiger partial charge in [0.15, 0.2) is 0 Å². The molecule has 0 aromatic heterocycles. The van der Waals surface area contributed by atoms with Crippen molar-refractivity contribution in [3.63, 3.8) is 0 Å². The summed E-state index contributed by atoms with van der Waals surface area (Å²) in [4.78, 5) is 0. The van der Waals surface area contributed by atoms with Crippen molar-refractivity contribution in [1.82, 2.24) is 0 Å². The van der Waals surface area contributed by atoms with E-state index in [2.05, 4.69) is 5.32 Å². The molecule has 1 rings (SSSR count). The number of hydrogen-bond donors (Lipinski definition) is 1. The molecule has 0 radical (unpaired) electrons. The van der Waals surface area contributed by atoms with Crippen LogP contribution in [0.15, 0.2) is 18.2 Å². The van der Waals surface area contributed by atoms with Crippen LogP contribution < -0.4 is 10.1 Å². The zero-order chi connectivity index (χ0) is 8.27. The summed E-state index contributed by atoms with van der Waals surface area (Å²) in [5.74, 6) is 0.225. The van der Waals surface area contributed by atoms with E-state index in [1.165, 1.54) is 19.2 Å². The predicted octanol–water partition coefficient (Wildman–Crippen LogP) is 2.30. The molecule has 0 atom stereocenters. The van der Waals surface area contributed by atoms with E-state index in [1.54, 1.807) is 13.1 Å². The molecule has 0 aliphatic heterocycles. The summed E-state index contributed by atoms with van der Waals surface area (Å²) in [7, 11) is 3.24. The highest BCUT2D eigenvalue weighted by molar-refractivity contribution is 5.85. The average Bonchev–Trinajstić information content (AvgIpc) is 2.03. The van der Waals surface area contributed by atoms with Gasteiger partial charge in [-0.2, -0.15) is 0 Å². The van der Waals surface area contributed by atoms with Gasteiger partial charge in [-0.3, -0.25) is 0 Å². The minimum atomic E-state index is -0.297. The monoisotopic (exact) mass is 191 g/mol. The van der Waals surface area contributed by atoms with E-state index >= 15 is 0 Å². The topological polar surface area (TPSA) is 21.3 Å². The van der Waals surface area contributed by atoms with Gasteiger partial charge in [-0.1, -0.05) is 0 Å². The SMILES string of the molecule is CNc1cc(F)cc(OC)c1.Cl. The molecule has 1 aromatic rings. The van der Waals surface area contributed by atoms with Crippen molar-refractivity contribution in [2.45, 2.75) is 0 Å². The third-order valence-electron chi connectivity index (χ3n) is 1.40. The van der Waals surface area contributed by atoms with E-state index in [4.69, 9.17) is 4.74 Å². The third kappa shape index (κ3) is 2.58. The summed E-state index contributed by atoms with van der Waals surface area (Å²) in [5.41, 5.74) is 0.710. The van der Waals surface area contributed by atoms with Gasteiger partial charge < -0.3 is 10.1 Å². The molecule has 68 valence electrons. The van der Waals surface area contributed by atoms with Crippen LogP contribution in [0, 0.1) is 5.82 Å². The fourth-order valence-electron chi connectivity index (χ4n) is 0.825. The molecule has 0 aliphatic carbocycles. The first-order chi connectivity index (χ1) is 5.26. The molecule has 4 heteroatoms. The third-order valence-corrected chi connectivity index (χ3v) is 1.40. The molecule has 0 unspecified atom stereocenters. The van der Waals surface area contributed by atoms with Gasteiger partial charge >= 0.3 is 0 Å². The van der Waals surface area contributed by atoms with Crippen molar-refractivity contribution >= 4 is 18.1 Å². The predicted molar refractivity (Wildman–Crippen MR) is 49.7 cm³/mol. The quantitative estimate of drug-likeness (QED) is 0.775. The molecule has 0 amide bonds. The molecule has 0 bridgehead atoms. The van der Waals surface area contributed by atoms with E-state index < -0.39 is 0 Å². The Kier molecular flexibility index (Phi) is 4.44. The molecule has 0 spiro atoms. The zero-order valence-corrected chi connectivity index (χ0v) is 7.74. The fraction of sp³-hybridized carbons (Fsp3) is 0.250. The minimum Gasteiger partial charge on any atom is -0.497 e. The highest BCUT2D eigenvalue weighted by atomic mass is 35.5. The Balaban J connectivity index is 0.00000121. The molecule has 12 heavy (non-hydrogen) atoms. The van der Waals surface area contributed by atoms with Crippen LogP contribution in [0.3, 0.4) is 0 Å². The van der Waals surface area contributed by atoms with Crippen LogP contribution >= 0.6 is 12.4 Å². The summed E-state index contributed by atoms with van der Waals surface area (Å²) in [5, 5.41) is 2.82. The Morgan fingerprint density at radius 2 is 2.00 bits per heavy atom. The number of benzene rings is 1. The Labute approximate surface area is 77.1 Å². The lowest BCUT2D eigenvalue weighted by Crippen LogP contribution is -1.91. The maximum Gasteiger partial charge on any atom is 0.128 e. The van der Waals surface area contributed by atoms with Crippen LogP contribution in [-0.2, 0) is 0 Å². The van der Waals surface area contributed by atoms with E-state index in [0.29, 0.717) is 11.4 Å². The van der Waals surface area contributed by atoms with Gasteiger partial charge in [0.25, 0.3) is 0 Å². The molecule has 0 saturated heterocycles. The molecule has 0 saturated carbocycles. The van der Waals surface area contributed by atoms with Gasteiger partial charge in [-0.05, 0) is 6.07 Å². The zero-order valence-electron chi connectivity index (χ0n) is 6.93. The molecule has 0 fully saturated rings. The van der Waals surface area contributed by atoms with E-state index in [1.807, 2.05) is 0 Å². The van der Waals surface area contributed by atoms with E-state index in [-0.39, 0.29) is 18.2 Å². The van der Waals surface area contributed by atoms with Crippen molar-refractivity contribution < 1.29 is 9.13 Å². The van der Waals surface area contributed by atoms with Crippen molar-refractivity contribution in [1.29, 1.82) is 0 Å². The van der Waals surface area contributed by atoms with E-state index in [9.17, 15) is 4.39 Å². The number of hydrogen-bond acceptors (Lipinski definition) is 2. The van der Waals surface area contributed by atoms with Gasteiger partial charge in [0, 0.05) is 24.9 Å². The number of halogens is 2. The first-order valence-corrected chi connectivity index (χ1v) is 3.28. The van der Waals surface area contributed by atoms with Gasteiger partial charge in [-0.25, -0.2) is 4.39 Å². The lowest BCUT2D eigenvalue weighted by molar-refractivity contribution is 0.411. The highest BCUT2D eigenvalue weighted by Crippen LogP contribution is 2.18. The molecular formula is C8H11ClFNO. The second kappa shape index (κ2) is 4.83. The van der Waals surface area contributed by atoms with Crippen molar-refractivity contribution in [2.75, 3.05) is 19.5 Å². The van der Waals surface area contributed by atoms with Crippen LogP contribution in [0.25, 0.3) is 0 Å². The van der Waals surface area contributed by atoms with Crippen molar-refractivity contribution in [2.24, 2.45) is 0 Å². The summed E-state index contributed by atoms with van der Waals surface area (Å²) < 4.78 is 17.5. The molecule has 0 heterocycles. The number of nitrogens with one attached hydrogen (secondary N) is 1. The Bertz CT molecular complexity index is 233. The van der Waals surface area contributed by atoms with Crippen molar-refractivity contribution in [3.8, 4) is 5.75 Å². The second-order valence-electron chi connectivity index (χ2n) is 2.13. The number of anilines is 1. The van der Waals surface area contributed by atoms with Crippen LogP contribution in [0.5, 0.6) is 5.75 Å². The second-order valence-corrected chi connectivity index (χ2v) is 2.13. The molecule has 1 N–H and O–H groups in total. The van der Waals surface area contributed by atoms with Crippen molar-refractivity contribution in [3.05, 3.63) is 24.0 Å². The minimum absolute atomic E-state index is 0. The van der Waals surface area contributed by atoms with Crippen LogP contribution in [0.2, 0.25) is 0 Å². The number of rotatable bonds is 2. The maximum atomic E-state index is 12.7. The van der Waals surface area contributed by atoms with Crippen LogP contribution in [0.1, 0.15) is 0 Å². The van der Waals surface area contributed by atoms with Gasteiger partial charge in [0.2, 0.25) is 0 Å².